The van der Waals surface area contributed by atoms with Gasteiger partial charge in [-0.2, -0.15) is 0 Å². The van der Waals surface area contributed by atoms with Gasteiger partial charge in [-0.05, 0) is 18.2 Å². The lowest BCUT2D eigenvalue weighted by Crippen LogP contribution is -2.35. The lowest BCUT2D eigenvalue weighted by molar-refractivity contribution is -0.385. The highest BCUT2D eigenvalue weighted by atomic mass is 35.5. The topological polar surface area (TPSA) is 120 Å². The van der Waals surface area contributed by atoms with Crippen molar-refractivity contribution in [2.24, 2.45) is 0 Å². The van der Waals surface area contributed by atoms with Crippen LogP contribution in [0.1, 0.15) is 10.4 Å². The molecule has 0 aromatic heterocycles. The Hall–Kier alpha value is -2.75. The number of urea groups is 1. The molecule has 0 fully saturated rings. The molecule has 9 nitrogen and oxygen atoms in total. The minimum Gasteiger partial charge on any atom is -0.496 e. The van der Waals surface area contributed by atoms with Crippen molar-refractivity contribution in [1.29, 1.82) is 0 Å². The van der Waals surface area contributed by atoms with E-state index < -0.39 is 22.5 Å². The number of nitro benzene ring substituents is 1. The molecule has 0 aliphatic heterocycles. The Kier molecular flexibility index (Phi) is 6.90. The summed E-state index contributed by atoms with van der Waals surface area (Å²) in [4.78, 5) is 35.2. The molecule has 0 saturated heterocycles. The van der Waals surface area contributed by atoms with E-state index in [9.17, 15) is 19.7 Å². The predicted molar refractivity (Wildman–Crippen MR) is 104 cm³/mol. The number of carbonyl (C=O) groups excluding carboxylic acids is 2. The van der Waals surface area contributed by atoms with Crippen molar-refractivity contribution in [2.45, 2.75) is 0 Å². The molecule has 2 aromatic carbocycles. The van der Waals surface area contributed by atoms with Crippen LogP contribution >= 0.6 is 34.8 Å². The standard InChI is InChI=1S/C16H12Cl3N3O6/c1-27-11-4-3-10(22(25)26)14(28-2)12(11)15(23)21-16(24)20-13-8(18)5-7(17)6-9(13)19/h3-6H,1-2H3,(H2,20,21,23,24). The summed E-state index contributed by atoms with van der Waals surface area (Å²) in [5, 5.41) is 15.8. The highest BCUT2D eigenvalue weighted by Crippen LogP contribution is 2.37. The smallest absolute Gasteiger partial charge is 0.326 e. The molecule has 148 valence electrons. The number of carbonyl (C=O) groups is 2. The second kappa shape index (κ2) is 8.96. The summed E-state index contributed by atoms with van der Waals surface area (Å²) in [6.45, 7) is 0. The Morgan fingerprint density at radius 3 is 2.18 bits per heavy atom. The molecule has 12 heteroatoms. The van der Waals surface area contributed by atoms with Gasteiger partial charge < -0.3 is 14.8 Å². The van der Waals surface area contributed by atoms with Gasteiger partial charge in [-0.1, -0.05) is 34.8 Å². The first kappa shape index (κ1) is 21.5. The van der Waals surface area contributed by atoms with Crippen molar-refractivity contribution < 1.29 is 24.0 Å². The predicted octanol–water partition coefficient (Wildman–Crippen LogP) is 4.53. The van der Waals surface area contributed by atoms with E-state index >= 15 is 0 Å². The van der Waals surface area contributed by atoms with Crippen molar-refractivity contribution in [1.82, 2.24) is 5.32 Å². The Labute approximate surface area is 173 Å². The molecule has 0 heterocycles. The Bertz CT molecular complexity index is 944. The number of hydrogen-bond acceptors (Lipinski definition) is 6. The maximum Gasteiger partial charge on any atom is 0.326 e. The number of ether oxygens (including phenoxy) is 2. The molecule has 28 heavy (non-hydrogen) atoms. The van der Waals surface area contributed by atoms with Gasteiger partial charge in [0.05, 0.1) is 34.9 Å². The van der Waals surface area contributed by atoms with Gasteiger partial charge in [0, 0.05) is 11.1 Å². The molecule has 2 N–H and O–H groups in total. The Balaban J connectivity index is 2.33. The van der Waals surface area contributed by atoms with E-state index in [-0.39, 0.29) is 37.8 Å². The summed E-state index contributed by atoms with van der Waals surface area (Å²) in [6.07, 6.45) is 0. The molecule has 0 aliphatic rings. The molecule has 2 aromatic rings. The number of benzene rings is 2. The minimum absolute atomic E-state index is 0.0241. The number of amides is 3. The molecule has 0 saturated carbocycles. The lowest BCUT2D eigenvalue weighted by Gasteiger charge is -2.14. The molecule has 0 aliphatic carbocycles. The first-order valence-corrected chi connectivity index (χ1v) is 8.49. The van der Waals surface area contributed by atoms with Crippen LogP contribution < -0.4 is 20.1 Å². The minimum atomic E-state index is -1.00. The first-order chi connectivity index (χ1) is 13.2. The fourth-order valence-electron chi connectivity index (χ4n) is 2.26. The van der Waals surface area contributed by atoms with E-state index in [1.54, 1.807) is 0 Å². The Morgan fingerprint density at radius 2 is 1.68 bits per heavy atom. The summed E-state index contributed by atoms with van der Waals surface area (Å²) in [5.41, 5.74) is -0.781. The fraction of sp³-hybridized carbons (Fsp3) is 0.125. The average Bonchev–Trinajstić information content (AvgIpc) is 2.62. The van der Waals surface area contributed by atoms with Crippen LogP contribution in [0, 0.1) is 10.1 Å². The lowest BCUT2D eigenvalue weighted by atomic mass is 10.1. The van der Waals surface area contributed by atoms with Crippen LogP contribution in [0.4, 0.5) is 16.2 Å². The molecular formula is C16H12Cl3N3O6. The second-order valence-electron chi connectivity index (χ2n) is 5.10. The average molecular weight is 449 g/mol. The SMILES string of the molecule is COc1ccc([N+](=O)[O-])c(OC)c1C(=O)NC(=O)Nc1c(Cl)cc(Cl)cc1Cl. The number of nitrogens with one attached hydrogen (secondary N) is 2. The van der Waals surface area contributed by atoms with E-state index in [0.717, 1.165) is 13.2 Å². The van der Waals surface area contributed by atoms with Crippen molar-refractivity contribution in [3.05, 3.63) is 55.0 Å². The van der Waals surface area contributed by atoms with Gasteiger partial charge in [0.2, 0.25) is 5.75 Å². The van der Waals surface area contributed by atoms with Gasteiger partial charge in [0.25, 0.3) is 5.91 Å². The van der Waals surface area contributed by atoms with E-state index in [1.165, 1.54) is 25.3 Å². The summed E-state index contributed by atoms with van der Waals surface area (Å²) < 4.78 is 10.0. The van der Waals surface area contributed by atoms with Crippen LogP contribution in [-0.2, 0) is 0 Å². The van der Waals surface area contributed by atoms with E-state index in [0.29, 0.717) is 0 Å². The number of nitrogens with zero attached hydrogens (tertiary/aromatic N) is 1. The Morgan fingerprint density at radius 1 is 1.07 bits per heavy atom. The number of anilines is 1. The molecule has 0 bridgehead atoms. The number of methoxy groups -OCH3 is 2. The molecule has 0 unspecified atom stereocenters. The van der Waals surface area contributed by atoms with Crippen LogP contribution in [0.25, 0.3) is 0 Å². The largest absolute Gasteiger partial charge is 0.496 e. The fourth-order valence-corrected chi connectivity index (χ4v) is 3.17. The van der Waals surface area contributed by atoms with Gasteiger partial charge in [-0.15, -0.1) is 0 Å². The van der Waals surface area contributed by atoms with Crippen molar-refractivity contribution in [2.75, 3.05) is 19.5 Å². The quantitative estimate of drug-likeness (QED) is 0.512. The van der Waals surface area contributed by atoms with Crippen molar-refractivity contribution in [3.8, 4) is 11.5 Å². The third kappa shape index (κ3) is 4.56. The second-order valence-corrected chi connectivity index (χ2v) is 6.36. The van der Waals surface area contributed by atoms with Crippen LogP contribution in [0.2, 0.25) is 15.1 Å². The van der Waals surface area contributed by atoms with Gasteiger partial charge in [-0.3, -0.25) is 20.2 Å². The zero-order chi connectivity index (χ0) is 21.0. The normalized spacial score (nSPS) is 10.2. The van der Waals surface area contributed by atoms with Crippen LogP contribution in [0.3, 0.4) is 0 Å². The molecule has 0 atom stereocenters. The van der Waals surface area contributed by atoms with E-state index in [4.69, 9.17) is 44.3 Å². The van der Waals surface area contributed by atoms with Crippen molar-refractivity contribution in [3.63, 3.8) is 0 Å². The number of rotatable bonds is 5. The molecule has 3 amide bonds. The number of nitro groups is 1. The zero-order valence-corrected chi connectivity index (χ0v) is 16.6. The van der Waals surface area contributed by atoms with Gasteiger partial charge in [0.1, 0.15) is 11.3 Å². The number of halogens is 3. The summed E-state index contributed by atoms with van der Waals surface area (Å²) in [5.74, 6) is -1.40. The summed E-state index contributed by atoms with van der Waals surface area (Å²) >= 11 is 17.7. The van der Waals surface area contributed by atoms with Crippen LogP contribution in [0.15, 0.2) is 24.3 Å². The maximum atomic E-state index is 12.6. The molecule has 0 radical (unpaired) electrons. The van der Waals surface area contributed by atoms with Crippen LogP contribution in [0.5, 0.6) is 11.5 Å². The summed E-state index contributed by atoms with van der Waals surface area (Å²) in [7, 11) is 2.40. The van der Waals surface area contributed by atoms with Gasteiger partial charge in [-0.25, -0.2) is 4.79 Å². The van der Waals surface area contributed by atoms with Crippen molar-refractivity contribution >= 4 is 58.1 Å². The monoisotopic (exact) mass is 447 g/mol. The van der Waals surface area contributed by atoms with Gasteiger partial charge in [0.15, 0.2) is 0 Å². The van der Waals surface area contributed by atoms with E-state index in [1.807, 2.05) is 5.32 Å². The maximum absolute atomic E-state index is 12.6. The third-order valence-corrected chi connectivity index (χ3v) is 4.23. The molecule has 2 rings (SSSR count). The van der Waals surface area contributed by atoms with Crippen LogP contribution in [-0.4, -0.2) is 31.1 Å². The van der Waals surface area contributed by atoms with Gasteiger partial charge >= 0.3 is 11.7 Å². The molecular weight excluding hydrogens is 437 g/mol. The highest BCUT2D eigenvalue weighted by Gasteiger charge is 2.28. The highest BCUT2D eigenvalue weighted by molar-refractivity contribution is 6.42. The number of hydrogen-bond donors (Lipinski definition) is 2. The number of imide groups is 1. The molecule has 0 spiro atoms. The third-order valence-electron chi connectivity index (χ3n) is 3.42. The van der Waals surface area contributed by atoms with E-state index in [2.05, 4.69) is 5.32 Å². The summed E-state index contributed by atoms with van der Waals surface area (Å²) in [6, 6.07) is 4.02. The zero-order valence-electron chi connectivity index (χ0n) is 14.3. The first-order valence-electron chi connectivity index (χ1n) is 7.35.